The van der Waals surface area contributed by atoms with Crippen molar-refractivity contribution in [3.05, 3.63) is 17.3 Å². The van der Waals surface area contributed by atoms with Crippen LogP contribution in [0.1, 0.15) is 31.3 Å². The predicted octanol–water partition coefficient (Wildman–Crippen LogP) is -1.30. The van der Waals surface area contributed by atoms with Crippen LogP contribution in [0.5, 0.6) is 0 Å². The second-order valence-corrected chi connectivity index (χ2v) is 11.2. The molecule has 1 saturated heterocycles. The predicted molar refractivity (Wildman–Crippen MR) is 123 cm³/mol. The number of aliphatic hydroxyl groups is 3. The molecule has 1 saturated carbocycles. The highest BCUT2D eigenvalue weighted by atomic mass is 35.5. The summed E-state index contributed by atoms with van der Waals surface area (Å²) < 4.78 is 24.7. The third-order valence-corrected chi connectivity index (χ3v) is 8.23. The third kappa shape index (κ3) is 4.94. The number of tetrazole rings is 1. The molecule has 37 heavy (non-hydrogen) atoms. The molecule has 202 valence electrons. The highest BCUT2D eigenvalue weighted by Gasteiger charge is 2.52. The summed E-state index contributed by atoms with van der Waals surface area (Å²) in [6.45, 7) is -1.71. The van der Waals surface area contributed by atoms with Gasteiger partial charge in [0.15, 0.2) is 23.0 Å². The molecule has 5 atom stereocenters. The number of aromatic amines is 1. The molecule has 0 aromatic carbocycles. The lowest BCUT2D eigenvalue weighted by atomic mass is 9.93. The quantitative estimate of drug-likeness (QED) is 0.112. The highest BCUT2D eigenvalue weighted by Crippen LogP contribution is 2.53. The van der Waals surface area contributed by atoms with E-state index < -0.39 is 57.1 Å². The van der Waals surface area contributed by atoms with Gasteiger partial charge in [-0.3, -0.25) is 4.57 Å². The number of anilines is 1. The maximum absolute atomic E-state index is 12.2. The first-order valence-electron chi connectivity index (χ1n) is 11.3. The summed E-state index contributed by atoms with van der Waals surface area (Å²) >= 11 is 6.12. The lowest BCUT2D eigenvalue weighted by Gasteiger charge is -2.32. The number of nitrogens with one attached hydrogen (secondary N) is 2. The van der Waals surface area contributed by atoms with Crippen molar-refractivity contribution in [3.8, 4) is 0 Å². The first-order valence-corrected chi connectivity index (χ1v) is 13.3. The van der Waals surface area contributed by atoms with E-state index in [0.29, 0.717) is 11.2 Å². The van der Waals surface area contributed by atoms with Gasteiger partial charge in [0.25, 0.3) is 0 Å². The Morgan fingerprint density at radius 1 is 1.30 bits per heavy atom. The van der Waals surface area contributed by atoms with E-state index in [1.165, 1.54) is 10.9 Å². The van der Waals surface area contributed by atoms with Crippen molar-refractivity contribution >= 4 is 36.0 Å². The van der Waals surface area contributed by atoms with E-state index in [9.17, 15) is 29.7 Å². The van der Waals surface area contributed by atoms with Gasteiger partial charge in [-0.05, 0) is 30.9 Å². The van der Waals surface area contributed by atoms with Gasteiger partial charge in [-0.25, -0.2) is 4.68 Å². The lowest BCUT2D eigenvalue weighted by molar-refractivity contribution is -0.109. The van der Waals surface area contributed by atoms with Crippen LogP contribution in [0, 0.1) is 0 Å². The van der Waals surface area contributed by atoms with Crippen LogP contribution in [0.25, 0.3) is 11.0 Å². The fraction of sp³-hybridized carbons (Fsp3) is 0.667. The molecule has 5 rings (SSSR count). The second-order valence-electron chi connectivity index (χ2n) is 8.95. The van der Waals surface area contributed by atoms with Crippen LogP contribution in [0.2, 0.25) is 5.28 Å². The average molecular weight is 562 g/mol. The molecule has 1 aliphatic heterocycles. The second kappa shape index (κ2) is 10.1. The van der Waals surface area contributed by atoms with E-state index >= 15 is 0 Å². The van der Waals surface area contributed by atoms with Crippen molar-refractivity contribution in [2.45, 2.75) is 61.6 Å². The van der Waals surface area contributed by atoms with Gasteiger partial charge in [0.05, 0.1) is 31.2 Å². The molecule has 4 heterocycles. The van der Waals surface area contributed by atoms with Crippen molar-refractivity contribution in [2.24, 2.45) is 0 Å². The van der Waals surface area contributed by atoms with E-state index in [1.807, 2.05) is 0 Å². The molecule has 2 aliphatic rings. The minimum Gasteiger partial charge on any atom is -0.393 e. The van der Waals surface area contributed by atoms with E-state index in [0.717, 1.165) is 19.3 Å². The van der Waals surface area contributed by atoms with Crippen molar-refractivity contribution in [1.29, 1.82) is 0 Å². The molecule has 0 radical (unpaired) electrons. The van der Waals surface area contributed by atoms with Gasteiger partial charge in [-0.1, -0.05) is 5.21 Å². The van der Waals surface area contributed by atoms with Gasteiger partial charge in [-0.2, -0.15) is 20.3 Å². The molecule has 2 fully saturated rings. The summed E-state index contributed by atoms with van der Waals surface area (Å²) in [5, 5.41) is 49.5. The fourth-order valence-corrected chi connectivity index (χ4v) is 5.12. The maximum Gasteiger partial charge on any atom is 0.359 e. The number of ether oxygens (including phenoxy) is 2. The van der Waals surface area contributed by atoms with Gasteiger partial charge < -0.3 is 39.9 Å². The molecule has 0 unspecified atom stereocenters. The van der Waals surface area contributed by atoms with Gasteiger partial charge in [0, 0.05) is 6.04 Å². The Balaban J connectivity index is 1.36. The van der Waals surface area contributed by atoms with Gasteiger partial charge in [-0.15, -0.1) is 10.2 Å². The topological polar surface area (TPSA) is 247 Å². The van der Waals surface area contributed by atoms with Crippen LogP contribution in [-0.4, -0.2) is 108 Å². The zero-order valence-electron chi connectivity index (χ0n) is 19.1. The number of fused-ring (bicyclic) bond motifs is 1. The number of aromatic nitrogens is 8. The molecule has 7 N–H and O–H groups in total. The zero-order chi connectivity index (χ0) is 26.4. The number of hydrogen-bond acceptors (Lipinski definition) is 13. The Morgan fingerprint density at radius 2 is 2.08 bits per heavy atom. The van der Waals surface area contributed by atoms with E-state index in [2.05, 4.69) is 41.0 Å². The van der Waals surface area contributed by atoms with Gasteiger partial charge in [0.2, 0.25) is 5.28 Å². The van der Waals surface area contributed by atoms with Crippen molar-refractivity contribution < 1.29 is 39.1 Å². The summed E-state index contributed by atoms with van der Waals surface area (Å²) in [7, 11) is -5.11. The van der Waals surface area contributed by atoms with E-state index in [1.54, 1.807) is 0 Å². The largest absolute Gasteiger partial charge is 0.393 e. The fourth-order valence-electron chi connectivity index (χ4n) is 4.18. The summed E-state index contributed by atoms with van der Waals surface area (Å²) in [5.74, 6) is 0.365. The molecule has 19 heteroatoms. The first-order chi connectivity index (χ1) is 17.6. The number of H-pyrrole nitrogens is 1. The van der Waals surface area contributed by atoms with Crippen LogP contribution in [-0.2, 0) is 20.5 Å². The maximum atomic E-state index is 12.2. The molecule has 0 amide bonds. The summed E-state index contributed by atoms with van der Waals surface area (Å²) in [6.07, 6.45) is -1.55. The first kappa shape index (κ1) is 26.3. The van der Waals surface area contributed by atoms with E-state index in [4.69, 9.17) is 21.1 Å². The molecule has 3 aromatic heterocycles. The Morgan fingerprint density at radius 3 is 2.70 bits per heavy atom. The van der Waals surface area contributed by atoms with Crippen molar-refractivity contribution in [1.82, 2.24) is 40.4 Å². The number of aliphatic hydroxyl groups excluding tert-OH is 3. The van der Waals surface area contributed by atoms with Crippen molar-refractivity contribution in [3.63, 3.8) is 0 Å². The Bertz CT molecular complexity index is 1290. The third-order valence-electron chi connectivity index (χ3n) is 6.57. The van der Waals surface area contributed by atoms with Crippen LogP contribution >= 0.6 is 19.2 Å². The van der Waals surface area contributed by atoms with Crippen LogP contribution in [0.4, 0.5) is 5.82 Å². The van der Waals surface area contributed by atoms with Crippen LogP contribution in [0.3, 0.4) is 0 Å². The van der Waals surface area contributed by atoms with Crippen molar-refractivity contribution in [2.75, 3.05) is 18.5 Å². The number of halogens is 1. The lowest BCUT2D eigenvalue weighted by Crippen LogP contribution is -2.43. The summed E-state index contributed by atoms with van der Waals surface area (Å²) in [5.41, 5.74) is 0.247. The molecular formula is C18H25ClN9O8P. The number of hydrogen-bond donors (Lipinski definition) is 7. The SMILES string of the molecule is O=P(O)(O)[C@](CO)(Cc1nn[nH]n1)OC[C@H]1O[C@@H](n2ncc3c(NC4CCC4)nc(Cl)nc32)[C@H](O)[C@@H]1O. The molecule has 0 bridgehead atoms. The number of nitrogens with zero attached hydrogens (tertiary/aromatic N) is 7. The minimum absolute atomic E-state index is 0.0557. The van der Waals surface area contributed by atoms with Gasteiger partial charge >= 0.3 is 7.60 Å². The summed E-state index contributed by atoms with van der Waals surface area (Å²) in [4.78, 5) is 28.3. The summed E-state index contributed by atoms with van der Waals surface area (Å²) in [6, 6.07) is 0.252. The molecule has 1 aliphatic carbocycles. The molecule has 3 aromatic rings. The standard InChI is InChI=1S/C18H25ClN9O8P/c19-17-22-14(21-8-2-1-3-8)9-5-20-28(15(9)23-17)16-13(31)12(30)10(36-16)6-35-18(7-29,37(32,33)34)4-11-24-26-27-25-11/h5,8,10,12-13,16,29-31H,1-4,6-7H2,(H,21,22,23)(H2,32,33,34)(H,24,25,26,27)/t10-,12-,13-,16-,18+/m1/s1. The molecule has 0 spiro atoms. The minimum atomic E-state index is -5.11. The highest BCUT2D eigenvalue weighted by molar-refractivity contribution is 7.53. The molecular weight excluding hydrogens is 537 g/mol. The monoisotopic (exact) mass is 561 g/mol. The average Bonchev–Trinajstić information content (AvgIpc) is 3.54. The smallest absolute Gasteiger partial charge is 0.359 e. The Hall–Kier alpha value is -2.34. The molecule has 17 nitrogen and oxygen atoms in total. The number of rotatable bonds is 10. The van der Waals surface area contributed by atoms with Crippen LogP contribution in [0.15, 0.2) is 6.20 Å². The zero-order valence-corrected chi connectivity index (χ0v) is 20.8. The van der Waals surface area contributed by atoms with Crippen LogP contribution < -0.4 is 5.32 Å². The Kier molecular flexibility index (Phi) is 7.16. The van der Waals surface area contributed by atoms with Gasteiger partial charge in [0.1, 0.15) is 24.1 Å². The van der Waals surface area contributed by atoms with E-state index in [-0.39, 0.29) is 22.8 Å². The normalized spacial score (nSPS) is 26.3. The Labute approximate surface area is 213 Å².